The van der Waals surface area contributed by atoms with Gasteiger partial charge < -0.3 is 16.4 Å². The molecule has 1 aromatic carbocycles. The number of nitrogens with one attached hydrogen (secondary N) is 2. The van der Waals surface area contributed by atoms with Crippen molar-refractivity contribution >= 4 is 41.5 Å². The van der Waals surface area contributed by atoms with Gasteiger partial charge in [-0.25, -0.2) is 13.8 Å². The number of carbonyl (C=O) groups is 1. The highest BCUT2D eigenvalue weighted by Crippen LogP contribution is 2.14. The third kappa shape index (κ3) is 7.95. The van der Waals surface area contributed by atoms with Crippen molar-refractivity contribution in [2.24, 2.45) is 10.7 Å². The van der Waals surface area contributed by atoms with E-state index in [-0.39, 0.29) is 29.7 Å². The first-order valence-electron chi connectivity index (χ1n) is 5.53. The zero-order chi connectivity index (χ0) is 16.0. The maximum atomic E-state index is 13.2. The Hall–Kier alpha value is -1.66. The van der Waals surface area contributed by atoms with Crippen molar-refractivity contribution in [1.82, 2.24) is 5.32 Å². The number of halogens is 6. The largest absolute Gasteiger partial charge is 0.405 e. The van der Waals surface area contributed by atoms with Crippen molar-refractivity contribution in [2.75, 3.05) is 18.4 Å². The second-order valence-corrected chi connectivity index (χ2v) is 3.84. The molecule has 1 aromatic rings. The van der Waals surface area contributed by atoms with Gasteiger partial charge >= 0.3 is 6.18 Å². The highest BCUT2D eigenvalue weighted by atomic mass is 127. The SMILES string of the molecule is I.NC(=NCC(=O)NCC(F)(F)F)Nc1cc(F)ccc1F. The van der Waals surface area contributed by atoms with Gasteiger partial charge in [-0.3, -0.25) is 4.79 Å². The highest BCUT2D eigenvalue weighted by molar-refractivity contribution is 14.0. The summed E-state index contributed by atoms with van der Waals surface area (Å²) in [6.07, 6.45) is -4.53. The number of amides is 1. The van der Waals surface area contributed by atoms with E-state index < -0.39 is 42.8 Å². The van der Waals surface area contributed by atoms with Crippen LogP contribution in [0.1, 0.15) is 0 Å². The van der Waals surface area contributed by atoms with Crippen LogP contribution >= 0.6 is 24.0 Å². The molecule has 5 nitrogen and oxygen atoms in total. The zero-order valence-electron chi connectivity index (χ0n) is 10.9. The molecule has 0 aliphatic rings. The molecule has 0 bridgehead atoms. The summed E-state index contributed by atoms with van der Waals surface area (Å²) in [7, 11) is 0. The quantitative estimate of drug-likeness (QED) is 0.291. The van der Waals surface area contributed by atoms with E-state index in [1.165, 1.54) is 0 Å². The Morgan fingerprint density at radius 3 is 2.50 bits per heavy atom. The Morgan fingerprint density at radius 1 is 1.27 bits per heavy atom. The number of hydrogen-bond donors (Lipinski definition) is 3. The lowest BCUT2D eigenvalue weighted by molar-refractivity contribution is -0.137. The molecule has 1 amide bonds. The van der Waals surface area contributed by atoms with Crippen LogP contribution < -0.4 is 16.4 Å². The van der Waals surface area contributed by atoms with Crippen LogP contribution in [0, 0.1) is 11.6 Å². The number of nitrogens with two attached hydrogens (primary N) is 1. The summed E-state index contributed by atoms with van der Waals surface area (Å²) in [6, 6.07) is 2.54. The van der Waals surface area contributed by atoms with E-state index in [0.29, 0.717) is 0 Å². The average molecular weight is 438 g/mol. The smallest absolute Gasteiger partial charge is 0.370 e. The minimum Gasteiger partial charge on any atom is -0.370 e. The Balaban J connectivity index is 0.00000441. The number of anilines is 1. The molecule has 0 unspecified atom stereocenters. The molecule has 0 radical (unpaired) electrons. The second kappa shape index (κ2) is 8.70. The van der Waals surface area contributed by atoms with Crippen LogP contribution in [0.5, 0.6) is 0 Å². The molecule has 22 heavy (non-hydrogen) atoms. The van der Waals surface area contributed by atoms with Crippen molar-refractivity contribution in [1.29, 1.82) is 0 Å². The van der Waals surface area contributed by atoms with Crippen molar-refractivity contribution in [3.05, 3.63) is 29.8 Å². The second-order valence-electron chi connectivity index (χ2n) is 3.84. The van der Waals surface area contributed by atoms with E-state index in [1.807, 2.05) is 0 Å². The summed E-state index contributed by atoms with van der Waals surface area (Å²) >= 11 is 0. The molecule has 0 aliphatic carbocycles. The summed E-state index contributed by atoms with van der Waals surface area (Å²) in [5.74, 6) is -3.00. The van der Waals surface area contributed by atoms with E-state index >= 15 is 0 Å². The van der Waals surface area contributed by atoms with Crippen LogP contribution in [0.4, 0.5) is 27.6 Å². The molecular formula is C11H12F5IN4O. The molecule has 0 spiro atoms. The third-order valence-corrected chi connectivity index (χ3v) is 2.07. The molecular weight excluding hydrogens is 426 g/mol. The lowest BCUT2D eigenvalue weighted by atomic mass is 10.3. The summed E-state index contributed by atoms with van der Waals surface area (Å²) in [5, 5.41) is 3.76. The highest BCUT2D eigenvalue weighted by Gasteiger charge is 2.27. The first-order valence-corrected chi connectivity index (χ1v) is 5.53. The molecule has 0 aromatic heterocycles. The number of guanidine groups is 1. The van der Waals surface area contributed by atoms with Gasteiger partial charge in [0, 0.05) is 6.07 Å². The van der Waals surface area contributed by atoms with Crippen LogP contribution in [-0.4, -0.2) is 31.1 Å². The molecule has 0 saturated heterocycles. The number of carbonyl (C=O) groups excluding carboxylic acids is 1. The third-order valence-electron chi connectivity index (χ3n) is 2.07. The summed E-state index contributed by atoms with van der Waals surface area (Å²) < 4.78 is 61.6. The number of aliphatic imine (C=N–C) groups is 1. The average Bonchev–Trinajstić information content (AvgIpc) is 2.37. The summed E-state index contributed by atoms with van der Waals surface area (Å²) in [4.78, 5) is 14.4. The molecule has 0 saturated carbocycles. The van der Waals surface area contributed by atoms with Crippen molar-refractivity contribution in [3.63, 3.8) is 0 Å². The standard InChI is InChI=1S/C11H11F5N4O.HI/c12-6-1-2-7(13)8(3-6)20-10(17)18-4-9(21)19-5-11(14,15)16;/h1-3H,4-5H2,(H,19,21)(H3,17,18,20);1H. The van der Waals surface area contributed by atoms with Gasteiger partial charge in [0.05, 0.1) is 5.69 Å². The van der Waals surface area contributed by atoms with E-state index in [0.717, 1.165) is 18.2 Å². The lowest BCUT2D eigenvalue weighted by Crippen LogP contribution is -2.35. The minimum absolute atomic E-state index is 0. The van der Waals surface area contributed by atoms with Crippen LogP contribution in [0.15, 0.2) is 23.2 Å². The summed E-state index contributed by atoms with van der Waals surface area (Å²) in [5.41, 5.74) is 4.99. The predicted octanol–water partition coefficient (Wildman–Crippen LogP) is 1.99. The van der Waals surface area contributed by atoms with E-state index in [9.17, 15) is 26.7 Å². The van der Waals surface area contributed by atoms with E-state index in [2.05, 4.69) is 10.3 Å². The molecule has 11 heteroatoms. The van der Waals surface area contributed by atoms with Crippen LogP contribution in [0.25, 0.3) is 0 Å². The van der Waals surface area contributed by atoms with Crippen LogP contribution in [0.2, 0.25) is 0 Å². The maximum Gasteiger partial charge on any atom is 0.405 e. The van der Waals surface area contributed by atoms with Gasteiger partial charge in [-0.15, -0.1) is 24.0 Å². The molecule has 0 atom stereocenters. The molecule has 0 aliphatic heterocycles. The fraction of sp³-hybridized carbons (Fsp3) is 0.273. The predicted molar refractivity (Wildman–Crippen MR) is 80.9 cm³/mol. The van der Waals surface area contributed by atoms with Gasteiger partial charge in [0.1, 0.15) is 24.7 Å². The first-order chi connectivity index (χ1) is 9.67. The van der Waals surface area contributed by atoms with Gasteiger partial charge in [0.2, 0.25) is 5.91 Å². The Morgan fingerprint density at radius 2 is 1.91 bits per heavy atom. The summed E-state index contributed by atoms with van der Waals surface area (Å²) in [6.45, 7) is -2.18. The first kappa shape index (κ1) is 20.3. The van der Waals surface area contributed by atoms with Gasteiger partial charge in [-0.2, -0.15) is 13.2 Å². The fourth-order valence-electron chi connectivity index (χ4n) is 1.18. The Labute approximate surface area is 139 Å². The zero-order valence-corrected chi connectivity index (χ0v) is 13.2. The lowest BCUT2D eigenvalue weighted by Gasteiger charge is -2.08. The monoisotopic (exact) mass is 438 g/mol. The van der Waals surface area contributed by atoms with Gasteiger partial charge in [-0.1, -0.05) is 0 Å². The fourth-order valence-corrected chi connectivity index (χ4v) is 1.18. The maximum absolute atomic E-state index is 13.2. The van der Waals surface area contributed by atoms with Crippen molar-refractivity contribution in [2.45, 2.75) is 6.18 Å². The molecule has 0 heterocycles. The molecule has 124 valence electrons. The van der Waals surface area contributed by atoms with Gasteiger partial charge in [0.15, 0.2) is 5.96 Å². The van der Waals surface area contributed by atoms with Gasteiger partial charge in [-0.05, 0) is 12.1 Å². The normalized spacial score (nSPS) is 11.6. The Kier molecular flexibility index (Phi) is 8.05. The van der Waals surface area contributed by atoms with Crippen molar-refractivity contribution in [3.8, 4) is 0 Å². The minimum atomic E-state index is -4.53. The number of nitrogens with zero attached hydrogens (tertiary/aromatic N) is 1. The Bertz CT molecular complexity index is 550. The van der Waals surface area contributed by atoms with E-state index in [4.69, 9.17) is 5.73 Å². The number of rotatable bonds is 4. The van der Waals surface area contributed by atoms with Crippen LogP contribution in [0.3, 0.4) is 0 Å². The van der Waals surface area contributed by atoms with Crippen LogP contribution in [-0.2, 0) is 4.79 Å². The van der Waals surface area contributed by atoms with E-state index in [1.54, 1.807) is 5.32 Å². The van der Waals surface area contributed by atoms with Gasteiger partial charge in [0.25, 0.3) is 0 Å². The number of benzene rings is 1. The molecule has 1 rings (SSSR count). The van der Waals surface area contributed by atoms with Crippen molar-refractivity contribution < 1.29 is 26.7 Å². The number of alkyl halides is 3. The number of hydrogen-bond acceptors (Lipinski definition) is 2. The molecule has 4 N–H and O–H groups in total. The molecule has 0 fully saturated rings. The topological polar surface area (TPSA) is 79.5 Å².